The van der Waals surface area contributed by atoms with E-state index in [1.807, 2.05) is 11.8 Å². The fourth-order valence-electron chi connectivity index (χ4n) is 3.36. The van der Waals surface area contributed by atoms with Gasteiger partial charge in [-0.2, -0.15) is 4.31 Å². The van der Waals surface area contributed by atoms with Crippen LogP contribution >= 0.6 is 24.0 Å². The minimum atomic E-state index is -3.65. The van der Waals surface area contributed by atoms with E-state index in [1.54, 1.807) is 18.2 Å². The second-order valence-corrected chi connectivity index (χ2v) is 8.67. The lowest BCUT2D eigenvalue weighted by Crippen LogP contribution is -2.57. The average molecular weight is 408 g/mol. The van der Waals surface area contributed by atoms with Crippen LogP contribution in [0.15, 0.2) is 23.1 Å². The largest absolute Gasteiger partial charge is 0.336 e. The number of nitrogens with zero attached hydrogens (tertiary/aromatic N) is 2. The van der Waals surface area contributed by atoms with Gasteiger partial charge < -0.3 is 10.2 Å². The molecule has 2 aliphatic heterocycles. The molecule has 1 N–H and O–H groups in total. The monoisotopic (exact) mass is 407 g/mol. The highest BCUT2D eigenvalue weighted by molar-refractivity contribution is 7.89. The van der Waals surface area contributed by atoms with Crippen LogP contribution in [-0.2, 0) is 14.8 Å². The van der Waals surface area contributed by atoms with Crippen LogP contribution < -0.4 is 5.32 Å². The van der Waals surface area contributed by atoms with E-state index in [0.29, 0.717) is 26.2 Å². The first-order valence-electron chi connectivity index (χ1n) is 8.16. The number of hydrogen-bond donors (Lipinski definition) is 1. The molecular formula is C16H23Cl2N3O3S. The minimum Gasteiger partial charge on any atom is -0.336 e. The standard InChI is InChI=1S/C16H22ClN3O3S.ClH/c1-12-4-5-15(14(17)9-12)24(22,23)19-7-2-3-13(11-19)20-8-6-18-10-16(20)21;/h4-5,9,13,18H,2-3,6-8,10-11H2,1H3;1H. The van der Waals surface area contributed by atoms with Gasteiger partial charge in [0.1, 0.15) is 4.90 Å². The molecule has 0 aromatic heterocycles. The van der Waals surface area contributed by atoms with E-state index >= 15 is 0 Å². The lowest BCUT2D eigenvalue weighted by molar-refractivity contribution is -0.135. The predicted molar refractivity (Wildman–Crippen MR) is 99.8 cm³/mol. The number of hydrogen-bond acceptors (Lipinski definition) is 4. The summed E-state index contributed by atoms with van der Waals surface area (Å²) in [5.74, 6) is 0.0406. The number of nitrogens with one attached hydrogen (secondary N) is 1. The highest BCUT2D eigenvalue weighted by atomic mass is 35.5. The number of carbonyl (C=O) groups excluding carboxylic acids is 1. The normalized spacial score (nSPS) is 22.6. The molecule has 0 radical (unpaired) electrons. The van der Waals surface area contributed by atoms with Gasteiger partial charge in [0.05, 0.1) is 11.6 Å². The van der Waals surface area contributed by atoms with E-state index in [9.17, 15) is 13.2 Å². The van der Waals surface area contributed by atoms with Crippen molar-refractivity contribution in [3.8, 4) is 0 Å². The van der Waals surface area contributed by atoms with Gasteiger partial charge in [-0.1, -0.05) is 17.7 Å². The fourth-order valence-corrected chi connectivity index (χ4v) is 5.44. The summed E-state index contributed by atoms with van der Waals surface area (Å²) in [6.07, 6.45) is 1.57. The van der Waals surface area contributed by atoms with E-state index in [4.69, 9.17) is 11.6 Å². The van der Waals surface area contributed by atoms with Crippen LogP contribution in [0.3, 0.4) is 0 Å². The van der Waals surface area contributed by atoms with Gasteiger partial charge in [0.15, 0.2) is 0 Å². The lowest BCUT2D eigenvalue weighted by atomic mass is 10.1. The number of sulfonamides is 1. The first kappa shape index (κ1) is 20.5. The van der Waals surface area contributed by atoms with E-state index in [0.717, 1.165) is 24.9 Å². The first-order chi connectivity index (χ1) is 11.4. The Morgan fingerprint density at radius 2 is 2.04 bits per heavy atom. The summed E-state index contributed by atoms with van der Waals surface area (Å²) in [4.78, 5) is 14.0. The van der Waals surface area contributed by atoms with Gasteiger partial charge >= 0.3 is 0 Å². The van der Waals surface area contributed by atoms with Gasteiger partial charge in [-0.25, -0.2) is 8.42 Å². The molecule has 6 nitrogen and oxygen atoms in total. The molecule has 2 saturated heterocycles. The van der Waals surface area contributed by atoms with Gasteiger partial charge in [-0.3, -0.25) is 4.79 Å². The molecule has 1 amide bonds. The van der Waals surface area contributed by atoms with Crippen LogP contribution in [0.5, 0.6) is 0 Å². The SMILES string of the molecule is Cc1ccc(S(=O)(=O)N2CCCC(N3CCNCC3=O)C2)c(Cl)c1.Cl. The molecular weight excluding hydrogens is 385 g/mol. The first-order valence-corrected chi connectivity index (χ1v) is 9.98. The summed E-state index contributed by atoms with van der Waals surface area (Å²) in [6.45, 7) is 4.37. The second kappa shape index (κ2) is 8.22. The summed E-state index contributed by atoms with van der Waals surface area (Å²) in [7, 11) is -3.65. The Morgan fingerprint density at radius 1 is 1.28 bits per heavy atom. The third kappa shape index (κ3) is 4.28. The zero-order valence-corrected chi connectivity index (χ0v) is 16.5. The molecule has 0 saturated carbocycles. The van der Waals surface area contributed by atoms with Crippen molar-refractivity contribution >= 4 is 39.9 Å². The topological polar surface area (TPSA) is 69.7 Å². The van der Waals surface area contributed by atoms with Crippen LogP contribution in [0.25, 0.3) is 0 Å². The smallest absolute Gasteiger partial charge is 0.244 e. The molecule has 1 aromatic rings. The number of rotatable bonds is 3. The van der Waals surface area contributed by atoms with Crippen molar-refractivity contribution in [1.29, 1.82) is 0 Å². The molecule has 0 bridgehead atoms. The van der Waals surface area contributed by atoms with E-state index in [1.165, 1.54) is 4.31 Å². The Morgan fingerprint density at radius 3 is 2.72 bits per heavy atom. The van der Waals surface area contributed by atoms with Crippen molar-refractivity contribution in [2.45, 2.75) is 30.7 Å². The van der Waals surface area contributed by atoms with Crippen LogP contribution in [0.1, 0.15) is 18.4 Å². The van der Waals surface area contributed by atoms with Gasteiger partial charge in [0.2, 0.25) is 15.9 Å². The Hall–Kier alpha value is -0.860. The molecule has 0 aliphatic carbocycles. The average Bonchev–Trinajstić information content (AvgIpc) is 2.55. The molecule has 140 valence electrons. The maximum atomic E-state index is 13.0. The fraction of sp³-hybridized carbons (Fsp3) is 0.562. The third-order valence-corrected chi connectivity index (χ3v) is 6.98. The molecule has 2 heterocycles. The zero-order valence-electron chi connectivity index (χ0n) is 14.1. The maximum Gasteiger partial charge on any atom is 0.244 e. The van der Waals surface area contributed by atoms with E-state index in [-0.39, 0.29) is 34.3 Å². The van der Waals surface area contributed by atoms with Gasteiger partial charge in [0.25, 0.3) is 0 Å². The quantitative estimate of drug-likeness (QED) is 0.826. The van der Waals surface area contributed by atoms with Crippen molar-refractivity contribution in [1.82, 2.24) is 14.5 Å². The van der Waals surface area contributed by atoms with Crippen molar-refractivity contribution in [2.24, 2.45) is 0 Å². The highest BCUT2D eigenvalue weighted by Gasteiger charge is 2.35. The van der Waals surface area contributed by atoms with Crippen LogP contribution in [0, 0.1) is 6.92 Å². The molecule has 1 aromatic carbocycles. The van der Waals surface area contributed by atoms with Crippen LogP contribution in [0.2, 0.25) is 5.02 Å². The van der Waals surface area contributed by atoms with E-state index < -0.39 is 10.0 Å². The number of halogens is 2. The highest BCUT2D eigenvalue weighted by Crippen LogP contribution is 2.28. The summed E-state index contributed by atoms with van der Waals surface area (Å²) in [6, 6.07) is 4.91. The van der Waals surface area contributed by atoms with Crippen LogP contribution in [-0.4, -0.2) is 62.3 Å². The number of carbonyl (C=O) groups is 1. The van der Waals surface area contributed by atoms with Crippen molar-refractivity contribution in [3.63, 3.8) is 0 Å². The number of aryl methyl sites for hydroxylation is 1. The summed E-state index contributed by atoms with van der Waals surface area (Å²) in [5, 5.41) is 3.29. The van der Waals surface area contributed by atoms with Crippen molar-refractivity contribution in [2.75, 3.05) is 32.7 Å². The third-order valence-electron chi connectivity index (χ3n) is 4.63. The van der Waals surface area contributed by atoms with Crippen LogP contribution in [0.4, 0.5) is 0 Å². The number of benzene rings is 1. The van der Waals surface area contributed by atoms with E-state index in [2.05, 4.69) is 5.32 Å². The molecule has 1 atom stereocenters. The maximum absolute atomic E-state index is 13.0. The summed E-state index contributed by atoms with van der Waals surface area (Å²) >= 11 is 6.16. The Labute approximate surface area is 160 Å². The molecule has 2 fully saturated rings. The number of amides is 1. The molecule has 1 unspecified atom stereocenters. The number of piperazine rings is 1. The number of piperidine rings is 1. The molecule has 0 spiro atoms. The molecule has 3 rings (SSSR count). The molecule has 25 heavy (non-hydrogen) atoms. The lowest BCUT2D eigenvalue weighted by Gasteiger charge is -2.40. The Bertz CT molecular complexity index is 742. The Kier molecular flexibility index (Phi) is 6.73. The van der Waals surface area contributed by atoms with Gasteiger partial charge in [-0.15, -0.1) is 12.4 Å². The van der Waals surface area contributed by atoms with Gasteiger partial charge in [0, 0.05) is 32.2 Å². The molecule has 9 heteroatoms. The predicted octanol–water partition coefficient (Wildman–Crippen LogP) is 1.66. The zero-order chi connectivity index (χ0) is 17.3. The Balaban J connectivity index is 0.00000225. The van der Waals surface area contributed by atoms with Crippen molar-refractivity contribution < 1.29 is 13.2 Å². The summed E-state index contributed by atoms with van der Waals surface area (Å²) < 4.78 is 27.4. The minimum absolute atomic E-state index is 0. The molecule has 2 aliphatic rings. The second-order valence-electron chi connectivity index (χ2n) is 6.36. The van der Waals surface area contributed by atoms with Gasteiger partial charge in [-0.05, 0) is 37.5 Å². The summed E-state index contributed by atoms with van der Waals surface area (Å²) in [5.41, 5.74) is 0.918. The van der Waals surface area contributed by atoms with Crippen molar-refractivity contribution in [3.05, 3.63) is 28.8 Å².